The first-order valence-electron chi connectivity index (χ1n) is 10.0. The van der Waals surface area contributed by atoms with Crippen LogP contribution in [0.4, 0.5) is 8.78 Å². The van der Waals surface area contributed by atoms with E-state index in [0.717, 1.165) is 5.56 Å². The SMILES string of the molecule is C=CCn1c(COc2ccccc2F)nnc1SC(C)C(=O)NC(C)c1ccc(F)cc1. The molecular formula is C23H24F2N4O2S. The zero-order valence-corrected chi connectivity index (χ0v) is 18.6. The van der Waals surface area contributed by atoms with Crippen LogP contribution < -0.4 is 10.1 Å². The van der Waals surface area contributed by atoms with Crippen molar-refractivity contribution >= 4 is 17.7 Å². The van der Waals surface area contributed by atoms with Gasteiger partial charge in [0.25, 0.3) is 0 Å². The van der Waals surface area contributed by atoms with E-state index in [1.807, 2.05) is 6.92 Å². The molecule has 2 aromatic carbocycles. The maximum Gasteiger partial charge on any atom is 0.233 e. The van der Waals surface area contributed by atoms with Crippen LogP contribution in [0.3, 0.4) is 0 Å². The zero-order valence-electron chi connectivity index (χ0n) is 17.8. The molecule has 1 heterocycles. The van der Waals surface area contributed by atoms with E-state index in [1.165, 1.54) is 36.0 Å². The van der Waals surface area contributed by atoms with E-state index in [1.54, 1.807) is 41.8 Å². The molecule has 6 nitrogen and oxygen atoms in total. The third-order valence-electron chi connectivity index (χ3n) is 4.68. The van der Waals surface area contributed by atoms with Gasteiger partial charge in [-0.3, -0.25) is 9.36 Å². The molecule has 0 spiro atoms. The number of carbonyl (C=O) groups is 1. The summed E-state index contributed by atoms with van der Waals surface area (Å²) in [6.07, 6.45) is 1.68. The number of thioether (sulfide) groups is 1. The Bertz CT molecular complexity index is 1070. The molecule has 9 heteroatoms. The summed E-state index contributed by atoms with van der Waals surface area (Å²) >= 11 is 1.24. The smallest absolute Gasteiger partial charge is 0.233 e. The summed E-state index contributed by atoms with van der Waals surface area (Å²) in [6, 6.07) is 11.8. The zero-order chi connectivity index (χ0) is 23.1. The molecule has 0 bridgehead atoms. The number of nitrogens with zero attached hydrogens (tertiary/aromatic N) is 3. The molecule has 3 aromatic rings. The summed E-state index contributed by atoms with van der Waals surface area (Å²) < 4.78 is 34.2. The number of allylic oxidation sites excluding steroid dienone is 1. The van der Waals surface area contributed by atoms with Crippen LogP contribution in [0.25, 0.3) is 0 Å². The highest BCUT2D eigenvalue weighted by Crippen LogP contribution is 2.25. The number of ether oxygens (including phenoxy) is 1. The minimum Gasteiger partial charge on any atom is -0.483 e. The molecule has 0 fully saturated rings. The largest absolute Gasteiger partial charge is 0.483 e. The van der Waals surface area contributed by atoms with E-state index in [9.17, 15) is 13.6 Å². The van der Waals surface area contributed by atoms with Gasteiger partial charge >= 0.3 is 0 Å². The Morgan fingerprint density at radius 3 is 2.59 bits per heavy atom. The van der Waals surface area contributed by atoms with Gasteiger partial charge in [0.1, 0.15) is 12.4 Å². The number of aromatic nitrogens is 3. The van der Waals surface area contributed by atoms with Gasteiger partial charge < -0.3 is 10.1 Å². The molecule has 0 saturated carbocycles. The van der Waals surface area contributed by atoms with Crippen molar-refractivity contribution in [2.75, 3.05) is 0 Å². The van der Waals surface area contributed by atoms with E-state index in [-0.39, 0.29) is 30.1 Å². The monoisotopic (exact) mass is 458 g/mol. The molecule has 0 saturated heterocycles. The van der Waals surface area contributed by atoms with Crippen LogP contribution in [0.5, 0.6) is 5.75 Å². The first kappa shape index (κ1) is 23.5. The number of para-hydroxylation sites is 1. The van der Waals surface area contributed by atoms with Crippen molar-refractivity contribution in [3.8, 4) is 5.75 Å². The predicted octanol–water partition coefficient (Wildman–Crippen LogP) is 4.68. The molecule has 2 unspecified atom stereocenters. The quantitative estimate of drug-likeness (QED) is 0.353. The van der Waals surface area contributed by atoms with Crippen LogP contribution >= 0.6 is 11.8 Å². The van der Waals surface area contributed by atoms with E-state index < -0.39 is 11.1 Å². The van der Waals surface area contributed by atoms with Gasteiger partial charge in [0.15, 0.2) is 22.5 Å². The Morgan fingerprint density at radius 1 is 1.19 bits per heavy atom. The van der Waals surface area contributed by atoms with E-state index in [4.69, 9.17) is 4.74 Å². The third-order valence-corrected chi connectivity index (χ3v) is 5.76. The van der Waals surface area contributed by atoms with Crippen molar-refractivity contribution in [3.63, 3.8) is 0 Å². The molecule has 1 amide bonds. The molecule has 0 aliphatic rings. The van der Waals surface area contributed by atoms with Gasteiger partial charge in [0.05, 0.1) is 11.3 Å². The number of rotatable bonds is 10. The molecule has 1 aromatic heterocycles. The van der Waals surface area contributed by atoms with Crippen LogP contribution in [0.2, 0.25) is 0 Å². The van der Waals surface area contributed by atoms with Gasteiger partial charge in [-0.2, -0.15) is 0 Å². The Morgan fingerprint density at radius 2 is 1.91 bits per heavy atom. The Labute approximate surface area is 189 Å². The Kier molecular flexibility index (Phi) is 7.99. The average Bonchev–Trinajstić information content (AvgIpc) is 3.15. The topological polar surface area (TPSA) is 69.0 Å². The Hall–Kier alpha value is -3.20. The molecule has 32 heavy (non-hydrogen) atoms. The summed E-state index contributed by atoms with van der Waals surface area (Å²) in [6.45, 7) is 7.78. The fraction of sp³-hybridized carbons (Fsp3) is 0.261. The standard InChI is InChI=1S/C23H24F2N4O2S/c1-4-13-29-21(14-31-20-8-6-5-7-19(20)25)27-28-23(29)32-16(3)22(30)26-15(2)17-9-11-18(24)12-10-17/h4-12,15-16H,1,13-14H2,2-3H3,(H,26,30). The molecule has 1 N–H and O–H groups in total. The first-order valence-corrected chi connectivity index (χ1v) is 10.9. The summed E-state index contributed by atoms with van der Waals surface area (Å²) in [5.41, 5.74) is 0.805. The van der Waals surface area contributed by atoms with Crippen molar-refractivity contribution in [2.45, 2.75) is 43.4 Å². The molecule has 168 valence electrons. The van der Waals surface area contributed by atoms with E-state index in [2.05, 4.69) is 22.1 Å². The number of hydrogen-bond acceptors (Lipinski definition) is 5. The second kappa shape index (κ2) is 10.9. The number of halogens is 2. The second-order valence-electron chi connectivity index (χ2n) is 7.06. The van der Waals surface area contributed by atoms with Crippen LogP contribution in [0.15, 0.2) is 66.3 Å². The van der Waals surface area contributed by atoms with Crippen LogP contribution in [-0.4, -0.2) is 25.9 Å². The summed E-state index contributed by atoms with van der Waals surface area (Å²) in [5, 5.41) is 11.3. The molecule has 0 radical (unpaired) electrons. The van der Waals surface area contributed by atoms with Gasteiger partial charge in [-0.05, 0) is 43.7 Å². The van der Waals surface area contributed by atoms with Crippen molar-refractivity contribution in [1.82, 2.24) is 20.1 Å². The van der Waals surface area contributed by atoms with E-state index in [0.29, 0.717) is 17.5 Å². The van der Waals surface area contributed by atoms with E-state index >= 15 is 0 Å². The lowest BCUT2D eigenvalue weighted by molar-refractivity contribution is -0.120. The lowest BCUT2D eigenvalue weighted by atomic mass is 10.1. The number of nitrogens with one attached hydrogen (secondary N) is 1. The van der Waals surface area contributed by atoms with Crippen LogP contribution in [0.1, 0.15) is 31.3 Å². The number of amides is 1. The third kappa shape index (κ3) is 5.94. The minimum absolute atomic E-state index is 0.0184. The second-order valence-corrected chi connectivity index (χ2v) is 8.37. The van der Waals surface area contributed by atoms with Crippen molar-refractivity contribution in [2.24, 2.45) is 0 Å². The van der Waals surface area contributed by atoms with Gasteiger partial charge in [0, 0.05) is 6.54 Å². The maximum absolute atomic E-state index is 13.8. The van der Waals surface area contributed by atoms with Crippen LogP contribution in [0, 0.1) is 11.6 Å². The highest BCUT2D eigenvalue weighted by molar-refractivity contribution is 8.00. The molecule has 0 aliphatic carbocycles. The lowest BCUT2D eigenvalue weighted by Crippen LogP contribution is -2.33. The highest BCUT2D eigenvalue weighted by atomic mass is 32.2. The summed E-state index contributed by atoms with van der Waals surface area (Å²) in [5.74, 6) is -0.366. The molecular weight excluding hydrogens is 434 g/mol. The first-order chi connectivity index (χ1) is 15.4. The molecule has 0 aliphatic heterocycles. The average molecular weight is 459 g/mol. The van der Waals surface area contributed by atoms with Gasteiger partial charge in [-0.1, -0.05) is 42.1 Å². The molecule has 2 atom stereocenters. The number of benzene rings is 2. The van der Waals surface area contributed by atoms with Crippen molar-refractivity contribution in [1.29, 1.82) is 0 Å². The van der Waals surface area contributed by atoms with Crippen LogP contribution in [-0.2, 0) is 17.9 Å². The highest BCUT2D eigenvalue weighted by Gasteiger charge is 2.22. The summed E-state index contributed by atoms with van der Waals surface area (Å²) in [4.78, 5) is 12.7. The van der Waals surface area contributed by atoms with Crippen molar-refractivity contribution < 1.29 is 18.3 Å². The summed E-state index contributed by atoms with van der Waals surface area (Å²) in [7, 11) is 0. The van der Waals surface area contributed by atoms with Crippen molar-refractivity contribution in [3.05, 3.63) is 84.2 Å². The number of carbonyl (C=O) groups excluding carboxylic acids is 1. The number of hydrogen-bond donors (Lipinski definition) is 1. The predicted molar refractivity (Wildman–Crippen MR) is 119 cm³/mol. The fourth-order valence-corrected chi connectivity index (χ4v) is 3.79. The normalized spacial score (nSPS) is 12.8. The van der Waals surface area contributed by atoms with Gasteiger partial charge in [-0.15, -0.1) is 16.8 Å². The van der Waals surface area contributed by atoms with Gasteiger partial charge in [0.2, 0.25) is 5.91 Å². The van der Waals surface area contributed by atoms with Gasteiger partial charge in [-0.25, -0.2) is 8.78 Å². The molecule has 3 rings (SSSR count). The minimum atomic E-state index is -0.467. The Balaban J connectivity index is 1.65. The maximum atomic E-state index is 13.8. The lowest BCUT2D eigenvalue weighted by Gasteiger charge is -2.18. The fourth-order valence-electron chi connectivity index (χ4n) is 2.91.